The molecule has 5 heteroatoms. The van der Waals surface area contributed by atoms with E-state index in [1.807, 2.05) is 0 Å². The van der Waals surface area contributed by atoms with Crippen molar-refractivity contribution in [1.29, 1.82) is 0 Å². The molecule has 0 saturated heterocycles. The highest BCUT2D eigenvalue weighted by Crippen LogP contribution is 1.93. The van der Waals surface area contributed by atoms with Gasteiger partial charge in [-0.25, -0.2) is 4.98 Å². The van der Waals surface area contributed by atoms with Crippen LogP contribution < -0.4 is 5.32 Å². The van der Waals surface area contributed by atoms with Crippen LogP contribution in [-0.2, 0) is 16.0 Å². The van der Waals surface area contributed by atoms with Gasteiger partial charge in [-0.05, 0) is 6.42 Å². The summed E-state index contributed by atoms with van der Waals surface area (Å²) in [5.74, 6) is 0.860. The number of H-pyrrole nitrogens is 1. The second-order valence-corrected chi connectivity index (χ2v) is 3.19. The van der Waals surface area contributed by atoms with Crippen molar-refractivity contribution in [2.75, 3.05) is 6.54 Å². The minimum Gasteiger partial charge on any atom is -0.356 e. The lowest BCUT2D eigenvalue weighted by Crippen LogP contribution is -2.24. The molecule has 0 bridgehead atoms. The van der Waals surface area contributed by atoms with Crippen molar-refractivity contribution in [2.24, 2.45) is 0 Å². The van der Waals surface area contributed by atoms with Gasteiger partial charge < -0.3 is 15.1 Å². The summed E-state index contributed by atoms with van der Waals surface area (Å²) in [5, 5.41) is 2.74. The summed E-state index contributed by atoms with van der Waals surface area (Å²) in [6.07, 6.45) is 6.48. The maximum absolute atomic E-state index is 11.1. The van der Waals surface area contributed by atoms with Crippen LogP contribution in [0.4, 0.5) is 0 Å². The lowest BCUT2D eigenvalue weighted by atomic mass is 10.3. The Labute approximate surface area is 88.3 Å². The van der Waals surface area contributed by atoms with E-state index >= 15 is 0 Å². The van der Waals surface area contributed by atoms with Crippen molar-refractivity contribution >= 4 is 12.2 Å². The lowest BCUT2D eigenvalue weighted by molar-refractivity contribution is -0.122. The average molecular weight is 209 g/mol. The van der Waals surface area contributed by atoms with Gasteiger partial charge >= 0.3 is 0 Å². The molecule has 0 aliphatic heterocycles. The van der Waals surface area contributed by atoms with Gasteiger partial charge in [0.2, 0.25) is 5.91 Å². The van der Waals surface area contributed by atoms with E-state index in [1.165, 1.54) is 0 Å². The largest absolute Gasteiger partial charge is 0.356 e. The smallest absolute Gasteiger partial charge is 0.220 e. The van der Waals surface area contributed by atoms with Gasteiger partial charge in [-0.15, -0.1) is 0 Å². The third-order valence-corrected chi connectivity index (χ3v) is 1.96. The van der Waals surface area contributed by atoms with Crippen LogP contribution in [0.5, 0.6) is 0 Å². The Balaban J connectivity index is 2.01. The van der Waals surface area contributed by atoms with E-state index in [9.17, 15) is 9.59 Å². The molecule has 2 N–H and O–H groups in total. The summed E-state index contributed by atoms with van der Waals surface area (Å²) in [7, 11) is 0. The number of hydrogen-bond acceptors (Lipinski definition) is 3. The second kappa shape index (κ2) is 6.75. The molecular weight excluding hydrogens is 194 g/mol. The van der Waals surface area contributed by atoms with E-state index in [1.54, 1.807) is 12.4 Å². The molecule has 0 spiro atoms. The van der Waals surface area contributed by atoms with Crippen molar-refractivity contribution in [3.63, 3.8) is 0 Å². The van der Waals surface area contributed by atoms with E-state index < -0.39 is 0 Å². The predicted molar refractivity (Wildman–Crippen MR) is 55.2 cm³/mol. The average Bonchev–Trinajstić information content (AvgIpc) is 2.74. The predicted octanol–water partition coefficient (Wildman–Crippen LogP) is 0.438. The zero-order valence-electron chi connectivity index (χ0n) is 8.53. The fraction of sp³-hybridized carbons (Fsp3) is 0.500. The lowest BCUT2D eigenvalue weighted by Gasteiger charge is -2.02. The van der Waals surface area contributed by atoms with Gasteiger partial charge in [-0.1, -0.05) is 0 Å². The number of aryl methyl sites for hydroxylation is 1. The van der Waals surface area contributed by atoms with Gasteiger partial charge in [0.25, 0.3) is 0 Å². The van der Waals surface area contributed by atoms with Crippen LogP contribution in [0.1, 0.15) is 25.1 Å². The van der Waals surface area contributed by atoms with Gasteiger partial charge in [0.15, 0.2) is 0 Å². The molecule has 1 heterocycles. The summed E-state index contributed by atoms with van der Waals surface area (Å²) in [5.41, 5.74) is 0. The number of rotatable bonds is 7. The molecule has 0 aromatic carbocycles. The number of aromatic nitrogens is 2. The number of nitrogens with one attached hydrogen (secondary N) is 2. The van der Waals surface area contributed by atoms with Crippen molar-refractivity contribution in [1.82, 2.24) is 15.3 Å². The van der Waals surface area contributed by atoms with Gasteiger partial charge in [-0.2, -0.15) is 0 Å². The first kappa shape index (κ1) is 11.4. The number of amides is 1. The van der Waals surface area contributed by atoms with Crippen LogP contribution in [0.25, 0.3) is 0 Å². The van der Waals surface area contributed by atoms with Crippen LogP contribution in [0.3, 0.4) is 0 Å². The number of aromatic amines is 1. The molecule has 15 heavy (non-hydrogen) atoms. The molecule has 82 valence electrons. The van der Waals surface area contributed by atoms with Gasteiger partial charge in [-0.3, -0.25) is 4.79 Å². The Morgan fingerprint density at radius 2 is 2.47 bits per heavy atom. The summed E-state index contributed by atoms with van der Waals surface area (Å²) < 4.78 is 0. The molecule has 1 rings (SSSR count). The van der Waals surface area contributed by atoms with Gasteiger partial charge in [0.05, 0.1) is 0 Å². The highest BCUT2D eigenvalue weighted by Gasteiger charge is 1.99. The molecule has 0 radical (unpaired) electrons. The Kier molecular flexibility index (Phi) is 5.14. The monoisotopic (exact) mass is 209 g/mol. The summed E-state index contributed by atoms with van der Waals surface area (Å²) in [4.78, 5) is 28.1. The molecule has 0 saturated carbocycles. The zero-order chi connectivity index (χ0) is 10.9. The third-order valence-electron chi connectivity index (χ3n) is 1.96. The van der Waals surface area contributed by atoms with Crippen molar-refractivity contribution in [3.05, 3.63) is 18.2 Å². The van der Waals surface area contributed by atoms with Crippen LogP contribution in [-0.4, -0.2) is 28.7 Å². The highest BCUT2D eigenvalue weighted by atomic mass is 16.1. The topological polar surface area (TPSA) is 74.8 Å². The molecule has 0 aliphatic carbocycles. The van der Waals surface area contributed by atoms with E-state index in [-0.39, 0.29) is 12.3 Å². The van der Waals surface area contributed by atoms with Crippen LogP contribution >= 0.6 is 0 Å². The fourth-order valence-electron chi connectivity index (χ4n) is 1.20. The number of carbonyl (C=O) groups excluding carboxylic acids is 2. The molecule has 5 nitrogen and oxygen atoms in total. The minimum atomic E-state index is -0.0680. The first-order chi connectivity index (χ1) is 7.33. The molecular formula is C10H15N3O2. The Bertz CT molecular complexity index is 296. The molecule has 0 unspecified atom stereocenters. The van der Waals surface area contributed by atoms with E-state index in [0.29, 0.717) is 13.0 Å². The SMILES string of the molecule is O=CCCC(=O)NCCCc1ncc[nH]1. The van der Waals surface area contributed by atoms with Crippen LogP contribution in [0.15, 0.2) is 12.4 Å². The maximum Gasteiger partial charge on any atom is 0.220 e. The first-order valence-corrected chi connectivity index (χ1v) is 5.01. The number of carbonyl (C=O) groups is 2. The number of hydrogen-bond donors (Lipinski definition) is 2. The Hall–Kier alpha value is -1.65. The normalized spacial score (nSPS) is 9.87. The third kappa shape index (κ3) is 4.95. The number of aldehydes is 1. The van der Waals surface area contributed by atoms with Crippen LogP contribution in [0, 0.1) is 0 Å². The van der Waals surface area contributed by atoms with Gasteiger partial charge in [0.1, 0.15) is 12.1 Å². The number of imidazole rings is 1. The Morgan fingerprint density at radius 1 is 1.60 bits per heavy atom. The minimum absolute atomic E-state index is 0.0680. The summed E-state index contributed by atoms with van der Waals surface area (Å²) in [6, 6.07) is 0. The van der Waals surface area contributed by atoms with E-state index in [2.05, 4.69) is 15.3 Å². The Morgan fingerprint density at radius 3 is 3.13 bits per heavy atom. The van der Waals surface area contributed by atoms with E-state index in [0.717, 1.165) is 25.0 Å². The van der Waals surface area contributed by atoms with Crippen molar-refractivity contribution in [3.8, 4) is 0 Å². The zero-order valence-corrected chi connectivity index (χ0v) is 8.53. The van der Waals surface area contributed by atoms with Gasteiger partial charge in [0, 0.05) is 38.2 Å². The molecule has 1 amide bonds. The van der Waals surface area contributed by atoms with Crippen molar-refractivity contribution in [2.45, 2.75) is 25.7 Å². The standard InChI is InChI=1S/C10H15N3O2/c14-8-2-4-10(15)13-5-1-3-9-11-6-7-12-9/h6-8H,1-5H2,(H,11,12)(H,13,15). The van der Waals surface area contributed by atoms with Crippen LogP contribution in [0.2, 0.25) is 0 Å². The molecule has 1 aromatic rings. The summed E-state index contributed by atoms with van der Waals surface area (Å²) >= 11 is 0. The quantitative estimate of drug-likeness (QED) is 0.505. The van der Waals surface area contributed by atoms with Crippen molar-refractivity contribution < 1.29 is 9.59 Å². The van der Waals surface area contributed by atoms with E-state index in [4.69, 9.17) is 0 Å². The molecule has 0 atom stereocenters. The second-order valence-electron chi connectivity index (χ2n) is 3.19. The fourth-order valence-corrected chi connectivity index (χ4v) is 1.20. The maximum atomic E-state index is 11.1. The summed E-state index contributed by atoms with van der Waals surface area (Å²) in [6.45, 7) is 0.623. The highest BCUT2D eigenvalue weighted by molar-refractivity contribution is 5.77. The molecule has 0 aliphatic rings. The number of nitrogens with zero attached hydrogens (tertiary/aromatic N) is 1. The molecule has 0 fully saturated rings. The molecule has 1 aromatic heterocycles. The first-order valence-electron chi connectivity index (χ1n) is 5.01.